The van der Waals surface area contributed by atoms with Crippen LogP contribution in [0.3, 0.4) is 0 Å². The Morgan fingerprint density at radius 1 is 0.947 bits per heavy atom. The average Bonchev–Trinajstić information content (AvgIpc) is 2.43. The molecule has 1 atom stereocenters. The molecule has 0 heterocycles. The third-order valence-corrected chi connectivity index (χ3v) is 3.54. The predicted molar refractivity (Wildman–Crippen MR) is 74.4 cm³/mol. The van der Waals surface area contributed by atoms with Crippen LogP contribution >= 0.6 is 11.6 Å². The molecule has 3 heteroatoms. The molecule has 0 saturated carbocycles. The molecular formula is C16H15ClF2. The van der Waals surface area contributed by atoms with Gasteiger partial charge in [0.15, 0.2) is 0 Å². The molecule has 1 unspecified atom stereocenters. The number of hydrogen-bond donors (Lipinski definition) is 0. The van der Waals surface area contributed by atoms with Gasteiger partial charge >= 0.3 is 0 Å². The van der Waals surface area contributed by atoms with Gasteiger partial charge in [-0.15, -0.1) is 11.6 Å². The van der Waals surface area contributed by atoms with Crippen LogP contribution in [0.25, 0.3) is 0 Å². The second-order valence-electron chi connectivity index (χ2n) is 4.65. The first kappa shape index (κ1) is 14.0. The van der Waals surface area contributed by atoms with Crippen LogP contribution in [0.5, 0.6) is 0 Å². The first-order chi connectivity index (χ1) is 9.19. The molecule has 0 aliphatic heterocycles. The van der Waals surface area contributed by atoms with E-state index in [0.29, 0.717) is 17.9 Å². The van der Waals surface area contributed by atoms with E-state index in [2.05, 4.69) is 0 Å². The monoisotopic (exact) mass is 280 g/mol. The lowest BCUT2D eigenvalue weighted by molar-refractivity contribution is 0.536. The predicted octanol–water partition coefficient (Wildman–Crippen LogP) is 4.61. The largest absolute Gasteiger partial charge is 0.207 e. The van der Waals surface area contributed by atoms with Gasteiger partial charge in [0.2, 0.25) is 0 Å². The van der Waals surface area contributed by atoms with Crippen LogP contribution in [-0.4, -0.2) is 5.88 Å². The Labute approximate surface area is 117 Å². The summed E-state index contributed by atoms with van der Waals surface area (Å²) in [5.41, 5.74) is 1.55. The van der Waals surface area contributed by atoms with E-state index in [0.717, 1.165) is 18.1 Å². The van der Waals surface area contributed by atoms with Crippen molar-refractivity contribution in [2.24, 2.45) is 5.92 Å². The molecule has 0 N–H and O–H groups in total. The molecule has 0 nitrogen and oxygen atoms in total. The van der Waals surface area contributed by atoms with Gasteiger partial charge in [0.1, 0.15) is 11.6 Å². The SMILES string of the molecule is Fc1ccc(F)c(CC(CCl)Cc2ccccc2)c1. The Morgan fingerprint density at radius 2 is 1.68 bits per heavy atom. The van der Waals surface area contributed by atoms with Gasteiger partial charge in [-0.3, -0.25) is 0 Å². The van der Waals surface area contributed by atoms with Crippen LogP contribution in [0.15, 0.2) is 48.5 Å². The van der Waals surface area contributed by atoms with Crippen LogP contribution in [0.1, 0.15) is 11.1 Å². The second kappa shape index (κ2) is 6.67. The van der Waals surface area contributed by atoms with Gasteiger partial charge in [-0.25, -0.2) is 8.78 Å². The number of halogens is 3. The van der Waals surface area contributed by atoms with Crippen LogP contribution in [0, 0.1) is 17.6 Å². The number of rotatable bonds is 5. The van der Waals surface area contributed by atoms with E-state index in [1.807, 2.05) is 30.3 Å². The van der Waals surface area contributed by atoms with Gasteiger partial charge in [-0.2, -0.15) is 0 Å². The van der Waals surface area contributed by atoms with Crippen molar-refractivity contribution in [3.05, 3.63) is 71.3 Å². The molecule has 2 rings (SSSR count). The fourth-order valence-corrected chi connectivity index (χ4v) is 2.36. The molecule has 0 saturated heterocycles. The second-order valence-corrected chi connectivity index (χ2v) is 4.96. The van der Waals surface area contributed by atoms with Crippen molar-refractivity contribution in [2.45, 2.75) is 12.8 Å². The van der Waals surface area contributed by atoms with Crippen molar-refractivity contribution in [2.75, 3.05) is 5.88 Å². The average molecular weight is 281 g/mol. The molecule has 2 aromatic carbocycles. The van der Waals surface area contributed by atoms with Crippen LogP contribution in [-0.2, 0) is 12.8 Å². The lowest BCUT2D eigenvalue weighted by Crippen LogP contribution is -2.11. The number of benzene rings is 2. The van der Waals surface area contributed by atoms with Crippen molar-refractivity contribution < 1.29 is 8.78 Å². The first-order valence-corrected chi connectivity index (χ1v) is 6.76. The van der Waals surface area contributed by atoms with Gasteiger partial charge < -0.3 is 0 Å². The molecule has 2 aromatic rings. The van der Waals surface area contributed by atoms with Crippen molar-refractivity contribution >= 4 is 11.6 Å². The maximum Gasteiger partial charge on any atom is 0.126 e. The van der Waals surface area contributed by atoms with Crippen molar-refractivity contribution in [1.82, 2.24) is 0 Å². The van der Waals surface area contributed by atoms with Crippen molar-refractivity contribution in [3.63, 3.8) is 0 Å². The van der Waals surface area contributed by atoms with Gasteiger partial charge in [0, 0.05) is 5.88 Å². The minimum absolute atomic E-state index is 0.0976. The summed E-state index contributed by atoms with van der Waals surface area (Å²) in [6.07, 6.45) is 1.21. The zero-order valence-electron chi connectivity index (χ0n) is 10.5. The molecule has 0 amide bonds. The summed E-state index contributed by atoms with van der Waals surface area (Å²) in [7, 11) is 0. The zero-order chi connectivity index (χ0) is 13.7. The highest BCUT2D eigenvalue weighted by atomic mass is 35.5. The maximum absolute atomic E-state index is 13.6. The summed E-state index contributed by atoms with van der Waals surface area (Å²) in [5.74, 6) is -0.264. The summed E-state index contributed by atoms with van der Waals surface area (Å²) in [4.78, 5) is 0. The van der Waals surface area contributed by atoms with Crippen LogP contribution < -0.4 is 0 Å². The normalized spacial score (nSPS) is 12.4. The van der Waals surface area contributed by atoms with E-state index >= 15 is 0 Å². The Hall–Kier alpha value is -1.41. The minimum Gasteiger partial charge on any atom is -0.207 e. The lowest BCUT2D eigenvalue weighted by atomic mass is 9.94. The van der Waals surface area contributed by atoms with E-state index in [1.54, 1.807) is 0 Å². The minimum atomic E-state index is -0.413. The summed E-state index contributed by atoms with van der Waals surface area (Å²) >= 11 is 5.94. The quantitative estimate of drug-likeness (QED) is 0.702. The number of alkyl halides is 1. The van der Waals surface area contributed by atoms with E-state index in [9.17, 15) is 8.78 Å². The smallest absolute Gasteiger partial charge is 0.126 e. The summed E-state index contributed by atoms with van der Waals surface area (Å²) in [6, 6.07) is 13.4. The fourth-order valence-electron chi connectivity index (χ4n) is 2.14. The highest BCUT2D eigenvalue weighted by Gasteiger charge is 2.13. The van der Waals surface area contributed by atoms with Crippen molar-refractivity contribution in [1.29, 1.82) is 0 Å². The topological polar surface area (TPSA) is 0 Å². The van der Waals surface area contributed by atoms with Crippen LogP contribution in [0.4, 0.5) is 8.78 Å². The lowest BCUT2D eigenvalue weighted by Gasteiger charge is -2.14. The summed E-state index contributed by atoms with van der Waals surface area (Å²) < 4.78 is 26.7. The Kier molecular flexibility index (Phi) is 4.92. The first-order valence-electron chi connectivity index (χ1n) is 6.23. The van der Waals surface area contributed by atoms with Crippen molar-refractivity contribution in [3.8, 4) is 0 Å². The molecule has 0 spiro atoms. The van der Waals surface area contributed by atoms with Gasteiger partial charge in [0.05, 0.1) is 0 Å². The van der Waals surface area contributed by atoms with Gasteiger partial charge in [0.25, 0.3) is 0 Å². The Balaban J connectivity index is 2.09. The van der Waals surface area contributed by atoms with E-state index in [-0.39, 0.29) is 11.7 Å². The highest BCUT2D eigenvalue weighted by molar-refractivity contribution is 6.18. The summed E-state index contributed by atoms with van der Waals surface area (Å²) in [6.45, 7) is 0. The summed E-state index contributed by atoms with van der Waals surface area (Å²) in [5, 5.41) is 0. The molecule has 0 aliphatic rings. The number of hydrogen-bond acceptors (Lipinski definition) is 0. The van der Waals surface area contributed by atoms with Gasteiger partial charge in [-0.05, 0) is 48.1 Å². The molecule has 0 fully saturated rings. The standard InChI is InChI=1S/C16H15ClF2/c17-11-13(8-12-4-2-1-3-5-12)9-14-10-15(18)6-7-16(14)19/h1-7,10,13H,8-9,11H2. The Morgan fingerprint density at radius 3 is 2.37 bits per heavy atom. The fraction of sp³-hybridized carbons (Fsp3) is 0.250. The molecule has 100 valence electrons. The molecule has 19 heavy (non-hydrogen) atoms. The molecule has 0 aliphatic carbocycles. The van der Waals surface area contributed by atoms with E-state index in [4.69, 9.17) is 11.6 Å². The van der Waals surface area contributed by atoms with E-state index in [1.165, 1.54) is 12.1 Å². The van der Waals surface area contributed by atoms with Crippen LogP contribution in [0.2, 0.25) is 0 Å². The highest BCUT2D eigenvalue weighted by Crippen LogP contribution is 2.19. The molecular weight excluding hydrogens is 266 g/mol. The zero-order valence-corrected chi connectivity index (χ0v) is 11.2. The third-order valence-electron chi connectivity index (χ3n) is 3.10. The third kappa shape index (κ3) is 4.03. The van der Waals surface area contributed by atoms with Gasteiger partial charge in [-0.1, -0.05) is 30.3 Å². The molecule has 0 aromatic heterocycles. The van der Waals surface area contributed by atoms with E-state index < -0.39 is 5.82 Å². The Bertz CT molecular complexity index is 526. The molecule has 0 bridgehead atoms. The maximum atomic E-state index is 13.6. The molecule has 0 radical (unpaired) electrons.